The molecule has 0 bridgehead atoms. The van der Waals surface area contributed by atoms with Gasteiger partial charge in [0.25, 0.3) is 0 Å². The van der Waals surface area contributed by atoms with Crippen molar-refractivity contribution >= 4 is 16.0 Å². The van der Waals surface area contributed by atoms with E-state index in [1.54, 1.807) is 49.0 Å². The molecule has 188 valence electrons. The third-order valence-electron chi connectivity index (χ3n) is 6.17. The summed E-state index contributed by atoms with van der Waals surface area (Å²) >= 11 is 0. The van der Waals surface area contributed by atoms with E-state index in [0.717, 1.165) is 18.4 Å². The number of ether oxygens (including phenoxy) is 3. The van der Waals surface area contributed by atoms with Gasteiger partial charge in [0.2, 0.25) is 16.0 Å². The van der Waals surface area contributed by atoms with Crippen LogP contribution < -0.4 is 14.2 Å². The first-order valence-electron chi connectivity index (χ1n) is 11.3. The molecule has 0 amide bonds. The predicted octanol–water partition coefficient (Wildman–Crippen LogP) is 3.17. The van der Waals surface area contributed by atoms with Gasteiger partial charge in [0.05, 0.1) is 19.5 Å². The fraction of sp³-hybridized carbons (Fsp3) is 0.478. The Hall–Kier alpha value is -3.25. The van der Waals surface area contributed by atoms with Crippen LogP contribution in [0.15, 0.2) is 30.6 Å². The highest BCUT2D eigenvalue weighted by molar-refractivity contribution is 7.93. The van der Waals surface area contributed by atoms with Crippen LogP contribution in [-0.4, -0.2) is 59.2 Å². The number of nitrogens with zero attached hydrogens (tertiary/aromatic N) is 5. The highest BCUT2D eigenvalue weighted by Gasteiger charge is 2.34. The Kier molecular flexibility index (Phi) is 7.22. The summed E-state index contributed by atoms with van der Waals surface area (Å²) in [5, 5.41) is 7.65. The maximum absolute atomic E-state index is 13.5. The molecule has 3 heterocycles. The number of aromatic nitrogens is 5. The van der Waals surface area contributed by atoms with Crippen molar-refractivity contribution in [2.45, 2.75) is 50.9 Å². The third-order valence-corrected chi connectivity index (χ3v) is 8.02. The Balaban J connectivity index is 1.76. The lowest BCUT2D eigenvalue weighted by molar-refractivity contribution is 0.103. The molecule has 1 aliphatic heterocycles. The van der Waals surface area contributed by atoms with Gasteiger partial charge in [0, 0.05) is 24.9 Å². The summed E-state index contributed by atoms with van der Waals surface area (Å²) in [7, 11) is -0.864. The molecule has 12 heteroatoms. The quantitative estimate of drug-likeness (QED) is 0.469. The Morgan fingerprint density at radius 2 is 1.77 bits per heavy atom. The smallest absolute Gasteiger partial charge is 0.243 e. The Bertz CT molecular complexity index is 1250. The van der Waals surface area contributed by atoms with Crippen LogP contribution in [0.5, 0.6) is 11.5 Å². The maximum Gasteiger partial charge on any atom is 0.243 e. The molecular formula is C23H30N6O5S. The number of benzene rings is 1. The summed E-state index contributed by atoms with van der Waals surface area (Å²) in [5.74, 6) is 1.40. The number of rotatable bonds is 9. The van der Waals surface area contributed by atoms with Crippen LogP contribution in [0.4, 0.5) is 5.95 Å². The van der Waals surface area contributed by atoms with E-state index in [4.69, 9.17) is 14.2 Å². The Morgan fingerprint density at radius 1 is 1.11 bits per heavy atom. The summed E-state index contributed by atoms with van der Waals surface area (Å²) in [6.45, 7) is 5.86. The molecule has 1 N–H and O–H groups in total. The zero-order chi connectivity index (χ0) is 25.2. The van der Waals surface area contributed by atoms with Gasteiger partial charge >= 0.3 is 0 Å². The number of hydrogen-bond donors (Lipinski definition) is 1. The minimum atomic E-state index is -3.93. The molecule has 3 atom stereocenters. The number of methoxy groups -OCH3 is 2. The van der Waals surface area contributed by atoms with E-state index >= 15 is 0 Å². The summed E-state index contributed by atoms with van der Waals surface area (Å²) in [6.07, 6.45) is 4.61. The van der Waals surface area contributed by atoms with Crippen LogP contribution in [0.1, 0.15) is 55.9 Å². The molecule has 1 saturated heterocycles. The van der Waals surface area contributed by atoms with Gasteiger partial charge in [-0.25, -0.2) is 18.4 Å². The van der Waals surface area contributed by atoms with Crippen LogP contribution in [0.25, 0.3) is 5.69 Å². The molecule has 0 saturated carbocycles. The number of para-hydroxylation sites is 1. The monoisotopic (exact) mass is 502 g/mol. The molecule has 1 aliphatic rings. The lowest BCUT2D eigenvalue weighted by atomic mass is 10.1. The maximum atomic E-state index is 13.5. The van der Waals surface area contributed by atoms with Gasteiger partial charge in [-0.2, -0.15) is 0 Å². The zero-order valence-electron chi connectivity index (χ0n) is 20.4. The SMILES string of the molecule is COc1cccc(OC)c1-n1c(NS(=O)(=O)[C@@H](C)[C@H](C)c2ncc(C)cn2)nnc1[C@@H]1CCCO1. The number of hydrogen-bond acceptors (Lipinski definition) is 9. The van der Waals surface area contributed by atoms with E-state index in [0.29, 0.717) is 35.4 Å². The second kappa shape index (κ2) is 10.2. The number of nitrogens with one attached hydrogen (secondary N) is 1. The molecule has 11 nitrogen and oxygen atoms in total. The molecule has 35 heavy (non-hydrogen) atoms. The number of anilines is 1. The standard InChI is InChI=1S/C23H30N6O5S/c1-14-12-24-21(25-13-14)15(2)16(3)35(30,31)28-23-27-26-22(19-10-7-11-34-19)29(23)20-17(32-4)8-6-9-18(20)33-5/h6,8-9,12-13,15-16,19H,7,10-11H2,1-5H3,(H,27,28)/t15-,16-,19-/m0/s1. The van der Waals surface area contributed by atoms with Crippen molar-refractivity contribution in [2.75, 3.05) is 25.5 Å². The fourth-order valence-corrected chi connectivity index (χ4v) is 5.19. The van der Waals surface area contributed by atoms with Gasteiger partial charge in [-0.1, -0.05) is 13.0 Å². The average Bonchev–Trinajstić information content (AvgIpc) is 3.52. The summed E-state index contributed by atoms with van der Waals surface area (Å²) in [5.41, 5.74) is 1.38. The van der Waals surface area contributed by atoms with E-state index in [9.17, 15) is 8.42 Å². The topological polar surface area (TPSA) is 130 Å². The lowest BCUT2D eigenvalue weighted by Gasteiger charge is -2.22. The molecule has 0 spiro atoms. The Labute approximate surface area is 204 Å². The van der Waals surface area contributed by atoms with E-state index in [2.05, 4.69) is 24.9 Å². The van der Waals surface area contributed by atoms with Crippen molar-refractivity contribution in [1.82, 2.24) is 24.7 Å². The van der Waals surface area contributed by atoms with E-state index < -0.39 is 21.2 Å². The first kappa shape index (κ1) is 24.9. The second-order valence-corrected chi connectivity index (χ2v) is 10.5. The van der Waals surface area contributed by atoms with Crippen molar-refractivity contribution in [3.63, 3.8) is 0 Å². The molecule has 4 rings (SSSR count). The van der Waals surface area contributed by atoms with E-state index in [1.165, 1.54) is 14.2 Å². The van der Waals surface area contributed by atoms with Crippen LogP contribution in [0.2, 0.25) is 0 Å². The van der Waals surface area contributed by atoms with Crippen LogP contribution in [-0.2, 0) is 14.8 Å². The first-order valence-corrected chi connectivity index (χ1v) is 12.9. The van der Waals surface area contributed by atoms with Gasteiger partial charge in [-0.05, 0) is 44.4 Å². The highest BCUT2D eigenvalue weighted by Crippen LogP contribution is 2.39. The molecule has 0 radical (unpaired) electrons. The molecule has 3 aromatic rings. The van der Waals surface area contributed by atoms with Crippen molar-refractivity contribution in [3.05, 3.63) is 47.8 Å². The summed E-state index contributed by atoms with van der Waals surface area (Å²) in [4.78, 5) is 8.60. The fourth-order valence-electron chi connectivity index (χ4n) is 3.96. The summed E-state index contributed by atoms with van der Waals surface area (Å²) in [6, 6.07) is 5.30. The van der Waals surface area contributed by atoms with Gasteiger partial charge in [-0.3, -0.25) is 9.29 Å². The Morgan fingerprint density at radius 3 is 2.34 bits per heavy atom. The van der Waals surface area contributed by atoms with Crippen molar-refractivity contribution in [3.8, 4) is 17.2 Å². The zero-order valence-corrected chi connectivity index (χ0v) is 21.2. The normalized spacial score (nSPS) is 17.7. The third kappa shape index (κ3) is 4.94. The second-order valence-electron chi connectivity index (χ2n) is 8.49. The van der Waals surface area contributed by atoms with E-state index in [-0.39, 0.29) is 12.1 Å². The molecule has 1 fully saturated rings. The predicted molar refractivity (Wildman–Crippen MR) is 130 cm³/mol. The van der Waals surface area contributed by atoms with E-state index in [1.807, 2.05) is 6.92 Å². The summed E-state index contributed by atoms with van der Waals surface area (Å²) < 4.78 is 48.2. The minimum absolute atomic E-state index is 0.0159. The number of sulfonamides is 1. The number of aryl methyl sites for hydroxylation is 1. The lowest BCUT2D eigenvalue weighted by Crippen LogP contribution is -2.31. The molecule has 2 aromatic heterocycles. The first-order chi connectivity index (χ1) is 16.8. The van der Waals surface area contributed by atoms with Crippen LogP contribution >= 0.6 is 0 Å². The van der Waals surface area contributed by atoms with Crippen molar-refractivity contribution in [1.29, 1.82) is 0 Å². The minimum Gasteiger partial charge on any atom is -0.494 e. The van der Waals surface area contributed by atoms with Crippen molar-refractivity contribution in [2.24, 2.45) is 0 Å². The van der Waals surface area contributed by atoms with Gasteiger partial charge in [0.1, 0.15) is 29.1 Å². The van der Waals surface area contributed by atoms with Crippen LogP contribution in [0, 0.1) is 6.92 Å². The van der Waals surface area contributed by atoms with Gasteiger partial charge in [-0.15, -0.1) is 10.2 Å². The molecule has 0 unspecified atom stereocenters. The molecule has 1 aromatic carbocycles. The largest absolute Gasteiger partial charge is 0.494 e. The average molecular weight is 503 g/mol. The van der Waals surface area contributed by atoms with Crippen molar-refractivity contribution < 1.29 is 22.6 Å². The van der Waals surface area contributed by atoms with Gasteiger partial charge in [0.15, 0.2) is 5.82 Å². The van der Waals surface area contributed by atoms with Crippen LogP contribution in [0.3, 0.4) is 0 Å². The molecular weight excluding hydrogens is 472 g/mol. The highest BCUT2D eigenvalue weighted by atomic mass is 32.2. The molecule has 0 aliphatic carbocycles. The van der Waals surface area contributed by atoms with Gasteiger partial charge < -0.3 is 14.2 Å².